The van der Waals surface area contributed by atoms with Crippen molar-refractivity contribution in [3.8, 4) is 16.6 Å². The van der Waals surface area contributed by atoms with Crippen molar-refractivity contribution in [2.45, 2.75) is 33.6 Å². The van der Waals surface area contributed by atoms with Crippen LogP contribution in [-0.2, 0) is 17.6 Å². The summed E-state index contributed by atoms with van der Waals surface area (Å²) in [5.41, 5.74) is 2.10. The molecule has 3 amide bonds. The van der Waals surface area contributed by atoms with Gasteiger partial charge in [-0.1, -0.05) is 18.3 Å². The predicted octanol–water partition coefficient (Wildman–Crippen LogP) is 3.01. The summed E-state index contributed by atoms with van der Waals surface area (Å²) in [5.74, 6) is 1.24. The van der Waals surface area contributed by atoms with Crippen molar-refractivity contribution >= 4 is 28.9 Å². The molecule has 11 heteroatoms. The molecule has 0 aliphatic carbocycles. The molecule has 3 rings (SSSR count). The molecule has 0 aliphatic heterocycles. The van der Waals surface area contributed by atoms with Crippen molar-refractivity contribution in [1.29, 1.82) is 0 Å². The van der Waals surface area contributed by atoms with E-state index in [1.165, 1.54) is 18.4 Å². The van der Waals surface area contributed by atoms with Crippen LogP contribution in [-0.4, -0.2) is 50.9 Å². The minimum atomic E-state index is -0.580. The van der Waals surface area contributed by atoms with Gasteiger partial charge in [-0.2, -0.15) is 4.98 Å². The number of amides is 3. The average Bonchev–Trinajstić information content (AvgIpc) is 3.34. The topological polar surface area (TPSA) is 123 Å². The van der Waals surface area contributed by atoms with E-state index >= 15 is 0 Å². The van der Waals surface area contributed by atoms with Gasteiger partial charge >= 0.3 is 12.0 Å². The monoisotopic (exact) mass is 430 g/mol. The second kappa shape index (κ2) is 9.44. The Morgan fingerprint density at radius 1 is 1.33 bits per heavy atom. The number of oxazole rings is 1. The van der Waals surface area contributed by atoms with Gasteiger partial charge in [-0.15, -0.1) is 0 Å². The molecule has 0 spiro atoms. The molecule has 0 atom stereocenters. The quantitative estimate of drug-likeness (QED) is 0.541. The van der Waals surface area contributed by atoms with E-state index < -0.39 is 6.03 Å². The number of aromatic nitrogens is 4. The molecule has 0 unspecified atom stereocenters. The zero-order valence-electron chi connectivity index (χ0n) is 17.1. The van der Waals surface area contributed by atoms with Crippen LogP contribution in [0.4, 0.5) is 9.93 Å². The summed E-state index contributed by atoms with van der Waals surface area (Å²) in [5, 5.41) is 3.02. The van der Waals surface area contributed by atoms with E-state index in [9.17, 15) is 9.59 Å². The lowest BCUT2D eigenvalue weighted by Crippen LogP contribution is -2.35. The molecule has 3 aromatic rings. The summed E-state index contributed by atoms with van der Waals surface area (Å²) >= 11 is 1.26. The lowest BCUT2D eigenvalue weighted by Gasteiger charge is -2.14. The molecular formula is C19H22N6O4S. The maximum absolute atomic E-state index is 12.5. The maximum atomic E-state index is 12.5. The molecule has 0 saturated heterocycles. The molecule has 0 radical (unpaired) electrons. The lowest BCUT2D eigenvalue weighted by molar-refractivity contribution is -0.115. The van der Waals surface area contributed by atoms with Crippen molar-refractivity contribution in [1.82, 2.24) is 24.8 Å². The van der Waals surface area contributed by atoms with Crippen LogP contribution in [0.3, 0.4) is 0 Å². The van der Waals surface area contributed by atoms with Crippen LogP contribution in [0.15, 0.2) is 16.7 Å². The first-order chi connectivity index (χ1) is 14.4. The summed E-state index contributed by atoms with van der Waals surface area (Å²) in [4.78, 5) is 42.7. The Balaban J connectivity index is 1.69. The zero-order chi connectivity index (χ0) is 21.7. The Kier molecular flexibility index (Phi) is 6.72. The smallest absolute Gasteiger partial charge is 0.330 e. The van der Waals surface area contributed by atoms with Gasteiger partial charge in [-0.05, 0) is 19.9 Å². The van der Waals surface area contributed by atoms with E-state index in [2.05, 4.69) is 25.3 Å². The molecule has 158 valence electrons. The van der Waals surface area contributed by atoms with Gasteiger partial charge in [0.15, 0.2) is 11.0 Å². The van der Waals surface area contributed by atoms with Gasteiger partial charge in [0, 0.05) is 25.1 Å². The fraction of sp³-hybridized carbons (Fsp3) is 0.368. The van der Waals surface area contributed by atoms with E-state index in [4.69, 9.17) is 9.15 Å². The number of urea groups is 1. The number of nitrogens with zero attached hydrogens (tertiary/aromatic N) is 5. The number of nitrogens with one attached hydrogen (secondary N) is 1. The number of carbonyl (C=O) groups excluding carboxylic acids is 2. The van der Waals surface area contributed by atoms with Crippen LogP contribution >= 0.6 is 11.3 Å². The van der Waals surface area contributed by atoms with Gasteiger partial charge in [-0.3, -0.25) is 15.0 Å². The second-order valence-electron chi connectivity index (χ2n) is 6.37. The largest absolute Gasteiger partial charge is 0.467 e. The third-order valence-electron chi connectivity index (χ3n) is 4.16. The van der Waals surface area contributed by atoms with Gasteiger partial charge in [0.05, 0.1) is 29.6 Å². The summed E-state index contributed by atoms with van der Waals surface area (Å²) in [7, 11) is 1.50. The first-order valence-electron chi connectivity index (χ1n) is 9.27. The lowest BCUT2D eigenvalue weighted by atomic mass is 10.2. The van der Waals surface area contributed by atoms with Crippen LogP contribution < -0.4 is 10.1 Å². The Hall–Kier alpha value is -3.34. The number of methoxy groups -OCH3 is 1. The first-order valence-corrected chi connectivity index (χ1v) is 10.1. The fourth-order valence-electron chi connectivity index (χ4n) is 2.65. The summed E-state index contributed by atoms with van der Waals surface area (Å²) in [6.07, 6.45) is 3.17. The third kappa shape index (κ3) is 4.98. The molecular weight excluding hydrogens is 408 g/mol. The number of aryl methyl sites for hydroxylation is 3. The van der Waals surface area contributed by atoms with Crippen LogP contribution in [0.5, 0.6) is 6.01 Å². The van der Waals surface area contributed by atoms with E-state index in [0.29, 0.717) is 35.2 Å². The minimum Gasteiger partial charge on any atom is -0.467 e. The molecule has 10 nitrogen and oxygen atoms in total. The Morgan fingerprint density at radius 3 is 2.80 bits per heavy atom. The predicted molar refractivity (Wildman–Crippen MR) is 111 cm³/mol. The molecule has 0 fully saturated rings. The number of anilines is 1. The standard InChI is InChI=1S/C19H22N6O4S/c1-5-13-9-20-15(29-13)6-7-25(10-26)19(27)24-18-22-12(3)16(30-18)14-8-11(2)21-17(23-14)28-4/h8-10H,5-7H2,1-4H3,(H,22,24,27). The van der Waals surface area contributed by atoms with Gasteiger partial charge in [0.1, 0.15) is 5.76 Å². The Labute approximate surface area is 177 Å². The molecule has 0 aliphatic rings. The molecule has 3 aromatic heterocycles. The van der Waals surface area contributed by atoms with Crippen LogP contribution in [0.2, 0.25) is 0 Å². The Morgan fingerprint density at radius 2 is 2.13 bits per heavy atom. The number of imide groups is 1. The maximum Gasteiger partial charge on any atom is 0.330 e. The number of hydrogen-bond acceptors (Lipinski definition) is 9. The highest BCUT2D eigenvalue weighted by Gasteiger charge is 2.18. The van der Waals surface area contributed by atoms with Crippen LogP contribution in [0.25, 0.3) is 10.6 Å². The minimum absolute atomic E-state index is 0.137. The molecule has 0 aromatic carbocycles. The summed E-state index contributed by atoms with van der Waals surface area (Å²) in [6, 6.07) is 1.49. The molecule has 3 heterocycles. The van der Waals surface area contributed by atoms with E-state index in [-0.39, 0.29) is 12.6 Å². The van der Waals surface area contributed by atoms with Crippen molar-refractivity contribution in [3.05, 3.63) is 35.3 Å². The highest BCUT2D eigenvalue weighted by molar-refractivity contribution is 7.19. The molecule has 0 saturated carbocycles. The summed E-state index contributed by atoms with van der Waals surface area (Å²) in [6.45, 7) is 5.75. The molecule has 1 N–H and O–H groups in total. The number of thiazole rings is 1. The van der Waals surface area contributed by atoms with Gasteiger partial charge in [-0.25, -0.2) is 19.7 Å². The first kappa shape index (κ1) is 21.4. The van der Waals surface area contributed by atoms with Crippen molar-refractivity contribution in [2.75, 3.05) is 19.0 Å². The zero-order valence-corrected chi connectivity index (χ0v) is 17.9. The van der Waals surface area contributed by atoms with Crippen molar-refractivity contribution < 1.29 is 18.7 Å². The van der Waals surface area contributed by atoms with E-state index in [0.717, 1.165) is 27.7 Å². The highest BCUT2D eigenvalue weighted by atomic mass is 32.1. The number of rotatable bonds is 8. The number of hydrogen-bond donors (Lipinski definition) is 1. The van der Waals surface area contributed by atoms with Crippen LogP contribution in [0, 0.1) is 13.8 Å². The van der Waals surface area contributed by atoms with Gasteiger partial charge in [0.2, 0.25) is 6.41 Å². The van der Waals surface area contributed by atoms with Gasteiger partial charge in [0.25, 0.3) is 0 Å². The Bertz CT molecular complexity index is 1050. The normalized spacial score (nSPS) is 10.7. The number of carbonyl (C=O) groups is 2. The SMILES string of the molecule is CCc1cnc(CCN(C=O)C(=O)Nc2nc(C)c(-c3cc(C)nc(OC)n3)s2)o1. The van der Waals surface area contributed by atoms with Crippen molar-refractivity contribution in [3.63, 3.8) is 0 Å². The van der Waals surface area contributed by atoms with E-state index in [1.807, 2.05) is 26.8 Å². The second-order valence-corrected chi connectivity index (χ2v) is 7.37. The van der Waals surface area contributed by atoms with Crippen LogP contribution in [0.1, 0.15) is 30.0 Å². The highest BCUT2D eigenvalue weighted by Crippen LogP contribution is 2.32. The molecule has 30 heavy (non-hydrogen) atoms. The fourth-order valence-corrected chi connectivity index (χ4v) is 3.56. The third-order valence-corrected chi connectivity index (χ3v) is 5.26. The average molecular weight is 430 g/mol. The molecule has 0 bridgehead atoms. The summed E-state index contributed by atoms with van der Waals surface area (Å²) < 4.78 is 10.6. The van der Waals surface area contributed by atoms with Crippen molar-refractivity contribution in [2.24, 2.45) is 0 Å². The van der Waals surface area contributed by atoms with E-state index in [1.54, 1.807) is 6.20 Å². The van der Waals surface area contributed by atoms with Gasteiger partial charge < -0.3 is 9.15 Å². The number of ether oxygens (including phenoxy) is 1.